The molecule has 3 nitrogen and oxygen atoms in total. The van der Waals surface area contributed by atoms with Crippen LogP contribution in [0.5, 0.6) is 0 Å². The van der Waals surface area contributed by atoms with E-state index >= 15 is 0 Å². The van der Waals surface area contributed by atoms with Gasteiger partial charge >= 0.3 is 0 Å². The Morgan fingerprint density at radius 3 is 2.88 bits per heavy atom. The first-order valence-corrected chi connectivity index (χ1v) is 7.39. The quantitative estimate of drug-likeness (QED) is 0.917. The van der Waals surface area contributed by atoms with Crippen molar-refractivity contribution in [2.75, 3.05) is 6.54 Å². The molecule has 92 valence electrons. The highest BCUT2D eigenvalue weighted by molar-refractivity contribution is 9.10. The second-order valence-corrected chi connectivity index (χ2v) is 5.61. The van der Waals surface area contributed by atoms with Gasteiger partial charge in [0.2, 0.25) is 0 Å². The monoisotopic (exact) mass is 313 g/mol. The van der Waals surface area contributed by atoms with Crippen LogP contribution in [0, 0.1) is 0 Å². The normalized spacial score (nSPS) is 12.9. The van der Waals surface area contributed by atoms with Gasteiger partial charge in [0.05, 0.1) is 12.2 Å². The van der Waals surface area contributed by atoms with Crippen molar-refractivity contribution in [2.45, 2.75) is 19.4 Å². The van der Waals surface area contributed by atoms with Crippen molar-refractivity contribution in [3.05, 3.63) is 38.8 Å². The first kappa shape index (κ1) is 12.8. The third-order valence-corrected chi connectivity index (χ3v) is 4.36. The molecule has 0 fully saturated rings. The summed E-state index contributed by atoms with van der Waals surface area (Å²) in [7, 11) is 1.95. The molecule has 0 saturated carbocycles. The van der Waals surface area contributed by atoms with Gasteiger partial charge in [-0.2, -0.15) is 16.4 Å². The molecule has 0 spiro atoms. The summed E-state index contributed by atoms with van der Waals surface area (Å²) in [6.07, 6.45) is 5.12. The van der Waals surface area contributed by atoms with Crippen molar-refractivity contribution in [1.29, 1.82) is 0 Å². The molecule has 1 unspecified atom stereocenters. The predicted molar refractivity (Wildman–Crippen MR) is 75.4 cm³/mol. The SMILES string of the molecule is CCCNC(c1cnn(C)c1)c1cscc1Br. The van der Waals surface area contributed by atoms with Crippen molar-refractivity contribution in [3.63, 3.8) is 0 Å². The molecule has 2 aromatic heterocycles. The lowest BCUT2D eigenvalue weighted by Crippen LogP contribution is -2.22. The van der Waals surface area contributed by atoms with Crippen LogP contribution in [0.25, 0.3) is 0 Å². The van der Waals surface area contributed by atoms with Gasteiger partial charge in [-0.3, -0.25) is 4.68 Å². The molecule has 0 saturated heterocycles. The molecular weight excluding hydrogens is 298 g/mol. The highest BCUT2D eigenvalue weighted by Crippen LogP contribution is 2.31. The minimum absolute atomic E-state index is 0.226. The van der Waals surface area contributed by atoms with E-state index in [1.165, 1.54) is 15.6 Å². The first-order chi connectivity index (χ1) is 8.22. The van der Waals surface area contributed by atoms with Crippen LogP contribution in [0.2, 0.25) is 0 Å². The Hall–Kier alpha value is -0.650. The van der Waals surface area contributed by atoms with Gasteiger partial charge in [-0.15, -0.1) is 0 Å². The molecule has 0 bridgehead atoms. The number of rotatable bonds is 5. The predicted octanol–water partition coefficient (Wildman–Crippen LogP) is 3.33. The highest BCUT2D eigenvalue weighted by Gasteiger charge is 2.18. The van der Waals surface area contributed by atoms with Crippen LogP contribution in [-0.4, -0.2) is 16.3 Å². The fourth-order valence-electron chi connectivity index (χ4n) is 1.78. The van der Waals surface area contributed by atoms with E-state index in [0.717, 1.165) is 13.0 Å². The fraction of sp³-hybridized carbons (Fsp3) is 0.417. The standard InChI is InChI=1S/C12H16BrN3S/c1-3-4-14-12(9-5-15-16(2)6-9)10-7-17-8-11(10)13/h5-8,12,14H,3-4H2,1-2H3. The average molecular weight is 314 g/mol. The molecule has 0 radical (unpaired) electrons. The molecular formula is C12H16BrN3S. The average Bonchev–Trinajstić information content (AvgIpc) is 2.90. The zero-order valence-electron chi connectivity index (χ0n) is 9.98. The first-order valence-electron chi connectivity index (χ1n) is 5.66. The van der Waals surface area contributed by atoms with E-state index in [0.29, 0.717) is 0 Å². The molecule has 2 aromatic rings. The number of hydrogen-bond donors (Lipinski definition) is 1. The number of aryl methyl sites for hydroxylation is 1. The molecule has 1 atom stereocenters. The van der Waals surface area contributed by atoms with Crippen molar-refractivity contribution in [1.82, 2.24) is 15.1 Å². The molecule has 5 heteroatoms. The van der Waals surface area contributed by atoms with Gasteiger partial charge < -0.3 is 5.32 Å². The van der Waals surface area contributed by atoms with Gasteiger partial charge in [-0.25, -0.2) is 0 Å². The maximum Gasteiger partial charge on any atom is 0.0627 e. The Morgan fingerprint density at radius 2 is 2.35 bits per heavy atom. The molecule has 2 rings (SSSR count). The summed E-state index contributed by atoms with van der Waals surface area (Å²) in [4.78, 5) is 0. The summed E-state index contributed by atoms with van der Waals surface area (Å²) in [5.41, 5.74) is 2.50. The number of nitrogens with zero attached hydrogens (tertiary/aromatic N) is 2. The number of halogens is 1. The lowest BCUT2D eigenvalue weighted by atomic mass is 10.1. The number of nitrogens with one attached hydrogen (secondary N) is 1. The summed E-state index contributed by atoms with van der Waals surface area (Å²) in [5, 5.41) is 12.1. The summed E-state index contributed by atoms with van der Waals surface area (Å²) < 4.78 is 3.01. The lowest BCUT2D eigenvalue weighted by Gasteiger charge is -2.16. The van der Waals surface area contributed by atoms with E-state index in [1.807, 2.05) is 17.9 Å². The molecule has 0 aliphatic rings. The van der Waals surface area contributed by atoms with Crippen LogP contribution in [-0.2, 0) is 7.05 Å². The van der Waals surface area contributed by atoms with Crippen LogP contribution < -0.4 is 5.32 Å². The Kier molecular flexibility index (Phi) is 4.36. The maximum absolute atomic E-state index is 4.25. The number of aromatic nitrogens is 2. The van der Waals surface area contributed by atoms with E-state index in [-0.39, 0.29) is 6.04 Å². The molecule has 0 amide bonds. The van der Waals surface area contributed by atoms with Gasteiger partial charge in [-0.05, 0) is 39.8 Å². The largest absolute Gasteiger partial charge is 0.306 e. The van der Waals surface area contributed by atoms with E-state index < -0.39 is 0 Å². The highest BCUT2D eigenvalue weighted by atomic mass is 79.9. The molecule has 0 aliphatic carbocycles. The van der Waals surface area contributed by atoms with Crippen molar-refractivity contribution < 1.29 is 0 Å². The van der Waals surface area contributed by atoms with E-state index in [1.54, 1.807) is 11.3 Å². The Balaban J connectivity index is 2.28. The summed E-state index contributed by atoms with van der Waals surface area (Å²) in [6.45, 7) is 3.18. The minimum Gasteiger partial charge on any atom is -0.306 e. The molecule has 2 heterocycles. The van der Waals surface area contributed by atoms with E-state index in [2.05, 4.69) is 50.2 Å². The van der Waals surface area contributed by atoms with Gasteiger partial charge in [0.1, 0.15) is 0 Å². The molecule has 1 N–H and O–H groups in total. The maximum atomic E-state index is 4.25. The van der Waals surface area contributed by atoms with E-state index in [4.69, 9.17) is 0 Å². The molecule has 0 aromatic carbocycles. The van der Waals surface area contributed by atoms with Crippen LogP contribution in [0.3, 0.4) is 0 Å². The van der Waals surface area contributed by atoms with Crippen LogP contribution in [0.15, 0.2) is 27.6 Å². The zero-order valence-corrected chi connectivity index (χ0v) is 12.4. The molecule has 17 heavy (non-hydrogen) atoms. The third-order valence-electron chi connectivity index (χ3n) is 2.61. The summed E-state index contributed by atoms with van der Waals surface area (Å²) in [6, 6.07) is 0.226. The lowest BCUT2D eigenvalue weighted by molar-refractivity contribution is 0.598. The van der Waals surface area contributed by atoms with Crippen molar-refractivity contribution in [2.24, 2.45) is 7.05 Å². The van der Waals surface area contributed by atoms with E-state index in [9.17, 15) is 0 Å². The van der Waals surface area contributed by atoms with Crippen molar-refractivity contribution >= 4 is 27.3 Å². The summed E-state index contributed by atoms with van der Waals surface area (Å²) in [5.74, 6) is 0. The van der Waals surface area contributed by atoms with Crippen LogP contribution in [0.4, 0.5) is 0 Å². The van der Waals surface area contributed by atoms with Crippen molar-refractivity contribution in [3.8, 4) is 0 Å². The van der Waals surface area contributed by atoms with Crippen LogP contribution >= 0.6 is 27.3 Å². The second kappa shape index (κ2) is 5.80. The fourth-order valence-corrected chi connectivity index (χ4v) is 3.33. The second-order valence-electron chi connectivity index (χ2n) is 4.01. The van der Waals surface area contributed by atoms with Crippen LogP contribution in [0.1, 0.15) is 30.5 Å². The van der Waals surface area contributed by atoms with Gasteiger partial charge in [0.25, 0.3) is 0 Å². The van der Waals surface area contributed by atoms with Gasteiger partial charge in [0, 0.05) is 28.7 Å². The third kappa shape index (κ3) is 2.97. The Bertz CT molecular complexity index is 478. The number of thiophene rings is 1. The Labute approximate surface area is 114 Å². The summed E-state index contributed by atoms with van der Waals surface area (Å²) >= 11 is 5.32. The topological polar surface area (TPSA) is 29.9 Å². The zero-order chi connectivity index (χ0) is 12.3. The van der Waals surface area contributed by atoms with Gasteiger partial charge in [0.15, 0.2) is 0 Å². The van der Waals surface area contributed by atoms with Gasteiger partial charge in [-0.1, -0.05) is 6.92 Å². The molecule has 0 aliphatic heterocycles. The smallest absolute Gasteiger partial charge is 0.0627 e. The Morgan fingerprint density at radius 1 is 1.53 bits per heavy atom. The minimum atomic E-state index is 0.226. The number of hydrogen-bond acceptors (Lipinski definition) is 3.